The van der Waals surface area contributed by atoms with Crippen molar-refractivity contribution in [1.29, 1.82) is 0 Å². The van der Waals surface area contributed by atoms with E-state index in [1.54, 1.807) is 26.0 Å². The molecule has 1 aliphatic heterocycles. The molecule has 1 saturated heterocycles. The molecule has 8 nitrogen and oxygen atoms in total. The lowest BCUT2D eigenvalue weighted by Crippen LogP contribution is -2.53. The fraction of sp³-hybridized carbons (Fsp3) is 0.300. The average Bonchev–Trinajstić information content (AvgIpc) is 2.69. The van der Waals surface area contributed by atoms with Gasteiger partial charge in [-0.2, -0.15) is 0 Å². The van der Waals surface area contributed by atoms with E-state index in [4.69, 9.17) is 26.4 Å². The molecule has 0 atom stereocenters. The highest BCUT2D eigenvalue weighted by atomic mass is 79.9. The van der Waals surface area contributed by atoms with Gasteiger partial charge in [-0.25, -0.2) is 4.79 Å². The van der Waals surface area contributed by atoms with E-state index in [9.17, 15) is 14.4 Å². The number of hydrogen-bond acceptors (Lipinski definition) is 7. The minimum absolute atomic E-state index is 0.0267. The van der Waals surface area contributed by atoms with Gasteiger partial charge < -0.3 is 14.2 Å². The fourth-order valence-electron chi connectivity index (χ4n) is 2.53. The highest BCUT2D eigenvalue weighted by Gasteiger charge is 2.32. The van der Waals surface area contributed by atoms with Gasteiger partial charge in [0.15, 0.2) is 23.2 Å². The minimum Gasteiger partial charge on any atom is -0.490 e. The predicted octanol–water partition coefficient (Wildman–Crippen LogP) is 2.60. The number of benzene rings is 1. The van der Waals surface area contributed by atoms with E-state index < -0.39 is 17.8 Å². The summed E-state index contributed by atoms with van der Waals surface area (Å²) in [5, 5.41) is 2.52. The second-order valence-electron chi connectivity index (χ2n) is 5.87. The predicted molar refractivity (Wildman–Crippen MR) is 118 cm³/mol. The van der Waals surface area contributed by atoms with Gasteiger partial charge in [0.2, 0.25) is 0 Å². The molecule has 2 rings (SSSR count). The Morgan fingerprint density at radius 2 is 1.93 bits per heavy atom. The molecule has 1 aliphatic rings. The Labute approximate surface area is 188 Å². The molecule has 1 aromatic carbocycles. The molecule has 0 unspecified atom stereocenters. The summed E-state index contributed by atoms with van der Waals surface area (Å²) in [6.45, 7) is 7.56. The number of esters is 1. The Morgan fingerprint density at radius 1 is 1.23 bits per heavy atom. The summed E-state index contributed by atoms with van der Waals surface area (Å²) in [6, 6.07) is 3.19. The first-order valence-corrected chi connectivity index (χ1v) is 10.3. The monoisotopic (exact) mass is 496 g/mol. The van der Waals surface area contributed by atoms with Crippen molar-refractivity contribution in [3.8, 4) is 11.5 Å². The number of thiocarbonyl (C=S) groups is 1. The second-order valence-corrected chi connectivity index (χ2v) is 7.11. The van der Waals surface area contributed by atoms with Gasteiger partial charge in [0.25, 0.3) is 11.8 Å². The van der Waals surface area contributed by atoms with Crippen LogP contribution in [0.3, 0.4) is 0 Å². The van der Waals surface area contributed by atoms with Crippen LogP contribution >= 0.6 is 28.1 Å². The van der Waals surface area contributed by atoms with Crippen LogP contribution in [0.15, 0.2) is 34.8 Å². The van der Waals surface area contributed by atoms with Gasteiger partial charge in [-0.05, 0) is 49.8 Å². The van der Waals surface area contributed by atoms with Crippen LogP contribution in [0.1, 0.15) is 19.4 Å². The normalized spacial score (nSPS) is 15.1. The van der Waals surface area contributed by atoms with Gasteiger partial charge in [-0.1, -0.05) is 22.0 Å². The highest BCUT2D eigenvalue weighted by molar-refractivity contribution is 9.10. The molecule has 1 heterocycles. The molecule has 10 heteroatoms. The summed E-state index contributed by atoms with van der Waals surface area (Å²) >= 11 is 8.45. The van der Waals surface area contributed by atoms with E-state index in [1.165, 1.54) is 17.1 Å². The summed E-state index contributed by atoms with van der Waals surface area (Å²) in [4.78, 5) is 37.9. The van der Waals surface area contributed by atoms with Gasteiger partial charge in [0.05, 0.1) is 13.2 Å². The number of halogens is 1. The Balaban J connectivity index is 2.38. The first-order valence-electron chi connectivity index (χ1n) is 9.06. The molecule has 1 fully saturated rings. The van der Waals surface area contributed by atoms with Crippen molar-refractivity contribution in [3.05, 3.63) is 40.4 Å². The zero-order chi connectivity index (χ0) is 22.3. The lowest BCUT2D eigenvalue weighted by Gasteiger charge is -2.27. The summed E-state index contributed by atoms with van der Waals surface area (Å²) < 4.78 is 16.5. The van der Waals surface area contributed by atoms with Crippen LogP contribution in [-0.4, -0.2) is 54.2 Å². The van der Waals surface area contributed by atoms with Crippen LogP contribution in [0.2, 0.25) is 0 Å². The van der Waals surface area contributed by atoms with Crippen molar-refractivity contribution in [2.24, 2.45) is 0 Å². The maximum Gasteiger partial charge on any atom is 0.344 e. The molecule has 0 bridgehead atoms. The molecular formula is C20H21BrN2O6S. The Hall–Kier alpha value is -2.72. The van der Waals surface area contributed by atoms with E-state index in [0.29, 0.717) is 28.1 Å². The SMILES string of the molecule is C=CCN1C(=O)/C(=C/c2cc(OCC)c(OCC(=O)OCC)cc2Br)C(=O)NC1=S. The molecule has 1 aromatic rings. The Morgan fingerprint density at radius 3 is 2.57 bits per heavy atom. The molecular weight excluding hydrogens is 476 g/mol. The first kappa shape index (κ1) is 23.6. The van der Waals surface area contributed by atoms with Crippen LogP contribution in [0.25, 0.3) is 6.08 Å². The van der Waals surface area contributed by atoms with Gasteiger partial charge in [0.1, 0.15) is 5.57 Å². The molecule has 0 radical (unpaired) electrons. The summed E-state index contributed by atoms with van der Waals surface area (Å²) in [6.07, 6.45) is 2.94. The molecule has 160 valence electrons. The van der Waals surface area contributed by atoms with Crippen LogP contribution in [-0.2, 0) is 19.1 Å². The third-order valence-corrected chi connectivity index (χ3v) is 4.82. The van der Waals surface area contributed by atoms with Crippen LogP contribution < -0.4 is 14.8 Å². The number of amides is 2. The molecule has 0 aliphatic carbocycles. The lowest BCUT2D eigenvalue weighted by molar-refractivity contribution is -0.145. The lowest BCUT2D eigenvalue weighted by atomic mass is 10.1. The number of rotatable bonds is 9. The van der Waals surface area contributed by atoms with Crippen molar-refractivity contribution in [2.45, 2.75) is 13.8 Å². The molecule has 0 spiro atoms. The third kappa shape index (κ3) is 5.67. The zero-order valence-corrected chi connectivity index (χ0v) is 18.9. The van der Waals surface area contributed by atoms with Crippen molar-refractivity contribution < 1.29 is 28.6 Å². The first-order chi connectivity index (χ1) is 14.3. The third-order valence-electron chi connectivity index (χ3n) is 3.81. The Bertz CT molecular complexity index is 915. The zero-order valence-electron chi connectivity index (χ0n) is 16.5. The number of carbonyl (C=O) groups excluding carboxylic acids is 3. The van der Waals surface area contributed by atoms with E-state index in [0.717, 1.165) is 0 Å². The van der Waals surface area contributed by atoms with Gasteiger partial charge in [-0.15, -0.1) is 6.58 Å². The van der Waals surface area contributed by atoms with Crippen LogP contribution in [0.5, 0.6) is 11.5 Å². The Kier molecular flexibility index (Phi) is 8.55. The van der Waals surface area contributed by atoms with E-state index in [-0.39, 0.29) is 30.4 Å². The molecule has 0 aromatic heterocycles. The van der Waals surface area contributed by atoms with E-state index >= 15 is 0 Å². The number of carbonyl (C=O) groups is 3. The summed E-state index contributed by atoms with van der Waals surface area (Å²) in [7, 11) is 0. The van der Waals surface area contributed by atoms with Crippen molar-refractivity contribution >= 4 is 57.1 Å². The van der Waals surface area contributed by atoms with Gasteiger partial charge in [-0.3, -0.25) is 19.8 Å². The van der Waals surface area contributed by atoms with Gasteiger partial charge in [0, 0.05) is 11.0 Å². The summed E-state index contributed by atoms with van der Waals surface area (Å²) in [5.74, 6) is -0.981. The molecule has 1 N–H and O–H groups in total. The highest BCUT2D eigenvalue weighted by Crippen LogP contribution is 2.35. The largest absolute Gasteiger partial charge is 0.490 e. The van der Waals surface area contributed by atoms with E-state index in [2.05, 4.69) is 27.8 Å². The maximum absolute atomic E-state index is 12.7. The fourth-order valence-corrected chi connectivity index (χ4v) is 3.21. The molecule has 30 heavy (non-hydrogen) atoms. The molecule has 0 saturated carbocycles. The van der Waals surface area contributed by atoms with Crippen molar-refractivity contribution in [3.63, 3.8) is 0 Å². The number of ether oxygens (including phenoxy) is 3. The van der Waals surface area contributed by atoms with Crippen LogP contribution in [0.4, 0.5) is 0 Å². The smallest absolute Gasteiger partial charge is 0.344 e. The number of nitrogens with one attached hydrogen (secondary N) is 1. The van der Waals surface area contributed by atoms with Gasteiger partial charge >= 0.3 is 5.97 Å². The quantitative estimate of drug-likeness (QED) is 0.184. The number of nitrogens with zero attached hydrogens (tertiary/aromatic N) is 1. The van der Waals surface area contributed by atoms with Crippen molar-refractivity contribution in [2.75, 3.05) is 26.4 Å². The maximum atomic E-state index is 12.7. The second kappa shape index (κ2) is 10.9. The summed E-state index contributed by atoms with van der Waals surface area (Å²) in [5.41, 5.74) is 0.417. The molecule has 2 amide bonds. The van der Waals surface area contributed by atoms with Crippen molar-refractivity contribution in [1.82, 2.24) is 10.2 Å². The van der Waals surface area contributed by atoms with Crippen LogP contribution in [0, 0.1) is 0 Å². The average molecular weight is 497 g/mol. The standard InChI is InChI=1S/C20H21BrN2O6S/c1-4-7-23-19(26)13(18(25)22-20(23)30)8-12-9-15(27-5-2)16(10-14(12)21)29-11-17(24)28-6-3/h4,8-10H,1,5-7,11H2,2-3H3,(H,22,25,30)/b13-8+. The number of hydrogen-bond donors (Lipinski definition) is 1. The van der Waals surface area contributed by atoms with E-state index in [1.807, 2.05) is 0 Å². The minimum atomic E-state index is -0.599. The topological polar surface area (TPSA) is 94.2 Å².